The number of halogens is 2. The lowest BCUT2D eigenvalue weighted by molar-refractivity contribution is -0.0217. The SMILES string of the molecule is CO.C[C@@H]1Cc2nn3c(c2CN1C(=O)OC(C)(C)C)C(F)(F)CCCC3. The number of hydrogen-bond acceptors (Lipinski definition) is 4. The van der Waals surface area contributed by atoms with Crippen LogP contribution in [0.15, 0.2) is 0 Å². The second kappa shape index (κ2) is 7.50. The summed E-state index contributed by atoms with van der Waals surface area (Å²) in [6.45, 7) is 7.94. The summed E-state index contributed by atoms with van der Waals surface area (Å²) < 4.78 is 36.1. The maximum Gasteiger partial charge on any atom is 0.410 e. The molecule has 3 rings (SSSR count). The number of aliphatic hydroxyl groups is 1. The molecular formula is C18H29F2N3O3. The number of ether oxygens (including phenoxy) is 1. The zero-order valence-corrected chi connectivity index (χ0v) is 16.2. The van der Waals surface area contributed by atoms with Crippen LogP contribution in [0.4, 0.5) is 13.6 Å². The second-order valence-electron chi connectivity index (χ2n) is 7.82. The molecule has 0 fully saturated rings. The van der Waals surface area contributed by atoms with Crippen molar-refractivity contribution < 1.29 is 23.4 Å². The Labute approximate surface area is 153 Å². The second-order valence-corrected chi connectivity index (χ2v) is 7.82. The van der Waals surface area contributed by atoms with E-state index in [4.69, 9.17) is 9.84 Å². The first-order valence-electron chi connectivity index (χ1n) is 9.00. The molecule has 0 saturated heterocycles. The van der Waals surface area contributed by atoms with Crippen molar-refractivity contribution in [3.63, 3.8) is 0 Å². The summed E-state index contributed by atoms with van der Waals surface area (Å²) in [4.78, 5) is 14.0. The molecule has 0 aromatic carbocycles. The van der Waals surface area contributed by atoms with Gasteiger partial charge in [-0.1, -0.05) is 0 Å². The Kier molecular flexibility index (Phi) is 5.95. The van der Waals surface area contributed by atoms with E-state index >= 15 is 0 Å². The minimum Gasteiger partial charge on any atom is -0.444 e. The summed E-state index contributed by atoms with van der Waals surface area (Å²) in [5.41, 5.74) is 0.580. The number of nitrogens with zero attached hydrogens (tertiary/aromatic N) is 3. The van der Waals surface area contributed by atoms with Gasteiger partial charge in [0.25, 0.3) is 5.92 Å². The minimum absolute atomic E-state index is 0.00420. The Hall–Kier alpha value is -1.70. The molecule has 2 aliphatic rings. The third-order valence-corrected chi connectivity index (χ3v) is 4.57. The molecule has 26 heavy (non-hydrogen) atoms. The molecule has 8 heteroatoms. The summed E-state index contributed by atoms with van der Waals surface area (Å²) in [6.07, 6.45) is 1.04. The summed E-state index contributed by atoms with van der Waals surface area (Å²) in [5, 5.41) is 11.4. The lowest BCUT2D eigenvalue weighted by Gasteiger charge is -2.35. The highest BCUT2D eigenvalue weighted by molar-refractivity contribution is 5.69. The van der Waals surface area contributed by atoms with Gasteiger partial charge in [-0.15, -0.1) is 0 Å². The zero-order chi connectivity index (χ0) is 19.7. The highest BCUT2D eigenvalue weighted by atomic mass is 19.3. The Morgan fingerprint density at radius 3 is 2.58 bits per heavy atom. The maximum absolute atomic E-state index is 14.6. The zero-order valence-electron chi connectivity index (χ0n) is 16.2. The van der Waals surface area contributed by atoms with Gasteiger partial charge < -0.3 is 14.7 Å². The lowest BCUT2D eigenvalue weighted by Crippen LogP contribution is -2.45. The number of hydrogen-bond donors (Lipinski definition) is 1. The van der Waals surface area contributed by atoms with Crippen molar-refractivity contribution in [1.29, 1.82) is 0 Å². The van der Waals surface area contributed by atoms with Crippen LogP contribution in [0.1, 0.15) is 63.9 Å². The van der Waals surface area contributed by atoms with Crippen LogP contribution in [0.25, 0.3) is 0 Å². The minimum atomic E-state index is -2.89. The van der Waals surface area contributed by atoms with Crippen LogP contribution in [0.5, 0.6) is 0 Å². The van der Waals surface area contributed by atoms with Crippen molar-refractivity contribution in [2.45, 2.75) is 84.0 Å². The molecule has 2 aliphatic heterocycles. The third kappa shape index (κ3) is 4.16. The molecule has 0 bridgehead atoms. The van der Waals surface area contributed by atoms with Crippen molar-refractivity contribution in [2.24, 2.45) is 0 Å². The largest absolute Gasteiger partial charge is 0.444 e. The van der Waals surface area contributed by atoms with Crippen molar-refractivity contribution in [3.05, 3.63) is 17.0 Å². The van der Waals surface area contributed by atoms with Gasteiger partial charge in [-0.05, 0) is 40.5 Å². The van der Waals surface area contributed by atoms with E-state index in [-0.39, 0.29) is 24.7 Å². The van der Waals surface area contributed by atoms with Crippen LogP contribution in [0, 0.1) is 0 Å². The molecule has 148 valence electrons. The summed E-state index contributed by atoms with van der Waals surface area (Å²) >= 11 is 0. The third-order valence-electron chi connectivity index (χ3n) is 4.57. The van der Waals surface area contributed by atoms with Crippen LogP contribution >= 0.6 is 0 Å². The number of fused-ring (bicyclic) bond motifs is 3. The van der Waals surface area contributed by atoms with Crippen molar-refractivity contribution >= 4 is 6.09 Å². The quantitative estimate of drug-likeness (QED) is 0.756. The number of amides is 1. The van der Waals surface area contributed by atoms with Gasteiger partial charge >= 0.3 is 6.09 Å². The Morgan fingerprint density at radius 2 is 1.96 bits per heavy atom. The molecule has 0 aliphatic carbocycles. The first kappa shape index (κ1) is 20.6. The molecule has 1 aromatic rings. The van der Waals surface area contributed by atoms with Gasteiger partial charge in [0.2, 0.25) is 0 Å². The molecule has 3 heterocycles. The molecule has 0 unspecified atom stereocenters. The monoisotopic (exact) mass is 373 g/mol. The van der Waals surface area contributed by atoms with Gasteiger partial charge in [0.05, 0.1) is 12.2 Å². The highest BCUT2D eigenvalue weighted by Gasteiger charge is 2.43. The number of aliphatic hydroxyl groups excluding tert-OH is 1. The van der Waals surface area contributed by atoms with E-state index in [2.05, 4.69) is 5.10 Å². The fourth-order valence-electron chi connectivity index (χ4n) is 3.46. The summed E-state index contributed by atoms with van der Waals surface area (Å²) in [6, 6.07) is -0.125. The molecule has 1 N–H and O–H groups in total. The van der Waals surface area contributed by atoms with Crippen LogP contribution < -0.4 is 0 Å². The fraction of sp³-hybridized carbons (Fsp3) is 0.778. The van der Waals surface area contributed by atoms with E-state index in [0.29, 0.717) is 37.1 Å². The van der Waals surface area contributed by atoms with Crippen molar-refractivity contribution in [3.8, 4) is 0 Å². The molecule has 0 radical (unpaired) electrons. The topological polar surface area (TPSA) is 67.6 Å². The van der Waals surface area contributed by atoms with Crippen molar-refractivity contribution in [1.82, 2.24) is 14.7 Å². The van der Waals surface area contributed by atoms with E-state index in [1.807, 2.05) is 6.92 Å². The van der Waals surface area contributed by atoms with Crippen LogP contribution in [0.3, 0.4) is 0 Å². The van der Waals surface area contributed by atoms with Crippen LogP contribution in [-0.4, -0.2) is 44.6 Å². The molecule has 0 saturated carbocycles. The number of aromatic nitrogens is 2. The molecular weight excluding hydrogens is 344 g/mol. The normalized spacial score (nSPS) is 21.7. The molecule has 1 atom stereocenters. The molecule has 6 nitrogen and oxygen atoms in total. The predicted molar refractivity (Wildman–Crippen MR) is 93.1 cm³/mol. The van der Waals surface area contributed by atoms with E-state index in [0.717, 1.165) is 7.11 Å². The molecule has 0 spiro atoms. The Morgan fingerprint density at radius 1 is 1.31 bits per heavy atom. The standard InChI is InChI=1S/C17H25F2N3O2.CH4O/c1-11-9-13-12(10-21(11)15(23)24-16(2,3)4)14-17(18,19)7-5-6-8-22(14)20-13;1-2/h11H,5-10H2,1-4H3;2H,1H3/t11-;/m1./s1. The first-order valence-corrected chi connectivity index (χ1v) is 9.00. The van der Waals surface area contributed by atoms with Gasteiger partial charge in [0, 0.05) is 38.1 Å². The molecule has 1 amide bonds. The number of carbonyl (C=O) groups excluding carboxylic acids is 1. The van der Waals surface area contributed by atoms with Gasteiger partial charge in [0.1, 0.15) is 11.3 Å². The predicted octanol–water partition coefficient (Wildman–Crippen LogP) is 3.45. The van der Waals surface area contributed by atoms with Gasteiger partial charge in [-0.25, -0.2) is 4.79 Å². The number of carbonyl (C=O) groups is 1. The number of aryl methyl sites for hydroxylation is 1. The van der Waals surface area contributed by atoms with Gasteiger partial charge in [0.15, 0.2) is 0 Å². The van der Waals surface area contributed by atoms with Crippen molar-refractivity contribution in [2.75, 3.05) is 7.11 Å². The Balaban J connectivity index is 0.00000117. The first-order chi connectivity index (χ1) is 12.1. The van der Waals surface area contributed by atoms with E-state index in [1.54, 1.807) is 20.8 Å². The lowest BCUT2D eigenvalue weighted by atomic mass is 9.97. The smallest absolute Gasteiger partial charge is 0.410 e. The van der Waals surface area contributed by atoms with Crippen LogP contribution in [-0.2, 0) is 30.2 Å². The van der Waals surface area contributed by atoms with Gasteiger partial charge in [-0.2, -0.15) is 13.9 Å². The number of rotatable bonds is 0. The van der Waals surface area contributed by atoms with E-state index in [1.165, 1.54) is 9.58 Å². The maximum atomic E-state index is 14.6. The number of alkyl halides is 2. The van der Waals surface area contributed by atoms with Crippen LogP contribution in [0.2, 0.25) is 0 Å². The van der Waals surface area contributed by atoms with E-state index < -0.39 is 17.6 Å². The summed E-state index contributed by atoms with van der Waals surface area (Å²) in [5.74, 6) is -2.89. The average molecular weight is 373 g/mol. The Bertz CT molecular complexity index is 653. The van der Waals surface area contributed by atoms with Gasteiger partial charge in [-0.3, -0.25) is 4.68 Å². The van der Waals surface area contributed by atoms with E-state index in [9.17, 15) is 13.6 Å². The average Bonchev–Trinajstić information content (AvgIpc) is 2.81. The summed E-state index contributed by atoms with van der Waals surface area (Å²) in [7, 11) is 1.00. The molecule has 1 aromatic heterocycles. The highest BCUT2D eigenvalue weighted by Crippen LogP contribution is 2.41. The fourth-order valence-corrected chi connectivity index (χ4v) is 3.46.